The molecule has 0 N–H and O–H groups in total. The third-order valence-corrected chi connectivity index (χ3v) is 2.72. The highest BCUT2D eigenvalue weighted by atomic mass is 16.5. The number of rotatable bonds is 4. The minimum absolute atomic E-state index is 0.109. The molecule has 0 saturated heterocycles. The number of ether oxygens (including phenoxy) is 1. The fraction of sp³-hybridized carbons (Fsp3) is 0.200. The van der Waals surface area contributed by atoms with Crippen LogP contribution in [0.3, 0.4) is 0 Å². The van der Waals surface area contributed by atoms with Crippen molar-refractivity contribution in [3.05, 3.63) is 59.9 Å². The predicted octanol–water partition coefficient (Wildman–Crippen LogP) is 3.27. The van der Waals surface area contributed by atoms with Gasteiger partial charge in [0.25, 0.3) is 0 Å². The second kappa shape index (κ2) is 5.96. The topological polar surface area (TPSA) is 34.5 Å². The van der Waals surface area contributed by atoms with Gasteiger partial charge in [0.05, 0.1) is 18.8 Å². The lowest BCUT2D eigenvalue weighted by Gasteiger charge is -2.07. The SMILES string of the molecule is COc1ccc([C@H](C)/N=C/c2ccccn2)cc1. The molecule has 0 radical (unpaired) electrons. The quantitative estimate of drug-likeness (QED) is 0.769. The van der Waals surface area contributed by atoms with Gasteiger partial charge < -0.3 is 4.74 Å². The number of aromatic nitrogens is 1. The highest BCUT2D eigenvalue weighted by Crippen LogP contribution is 2.19. The molecular formula is C15H16N2O. The van der Waals surface area contributed by atoms with Gasteiger partial charge in [-0.2, -0.15) is 0 Å². The first kappa shape index (κ1) is 12.3. The van der Waals surface area contributed by atoms with E-state index in [-0.39, 0.29) is 6.04 Å². The van der Waals surface area contributed by atoms with Crippen LogP contribution < -0.4 is 4.74 Å². The molecule has 1 atom stereocenters. The van der Waals surface area contributed by atoms with E-state index in [1.54, 1.807) is 19.5 Å². The first-order chi connectivity index (χ1) is 8.79. The van der Waals surface area contributed by atoms with Gasteiger partial charge in [-0.3, -0.25) is 9.98 Å². The van der Waals surface area contributed by atoms with Crippen LogP contribution in [0, 0.1) is 0 Å². The number of hydrogen-bond acceptors (Lipinski definition) is 3. The molecule has 1 heterocycles. The summed E-state index contributed by atoms with van der Waals surface area (Å²) in [7, 11) is 1.66. The van der Waals surface area contributed by atoms with Gasteiger partial charge in [0.15, 0.2) is 0 Å². The van der Waals surface area contributed by atoms with Crippen molar-refractivity contribution in [2.45, 2.75) is 13.0 Å². The van der Waals surface area contributed by atoms with E-state index in [9.17, 15) is 0 Å². The zero-order valence-corrected chi connectivity index (χ0v) is 10.6. The maximum atomic E-state index is 5.13. The van der Waals surface area contributed by atoms with Gasteiger partial charge in [-0.15, -0.1) is 0 Å². The first-order valence-electron chi connectivity index (χ1n) is 5.88. The second-order valence-corrected chi connectivity index (χ2v) is 3.98. The maximum Gasteiger partial charge on any atom is 0.118 e. The molecule has 1 aromatic carbocycles. The van der Waals surface area contributed by atoms with Crippen molar-refractivity contribution in [1.82, 2.24) is 4.98 Å². The van der Waals surface area contributed by atoms with Crippen molar-refractivity contribution in [3.63, 3.8) is 0 Å². The van der Waals surface area contributed by atoms with Crippen LogP contribution in [0.4, 0.5) is 0 Å². The van der Waals surface area contributed by atoms with E-state index < -0.39 is 0 Å². The summed E-state index contributed by atoms with van der Waals surface area (Å²) in [4.78, 5) is 8.69. The van der Waals surface area contributed by atoms with Crippen molar-refractivity contribution >= 4 is 6.21 Å². The zero-order valence-electron chi connectivity index (χ0n) is 10.6. The third kappa shape index (κ3) is 3.17. The average molecular weight is 240 g/mol. The molecule has 92 valence electrons. The summed E-state index contributed by atoms with van der Waals surface area (Å²) in [6.07, 6.45) is 3.56. The van der Waals surface area contributed by atoms with Gasteiger partial charge in [-0.1, -0.05) is 18.2 Å². The van der Waals surface area contributed by atoms with Crippen LogP contribution in [0.2, 0.25) is 0 Å². The molecule has 0 bridgehead atoms. The fourth-order valence-electron chi connectivity index (χ4n) is 1.61. The lowest BCUT2D eigenvalue weighted by atomic mass is 10.1. The molecule has 3 nitrogen and oxygen atoms in total. The summed E-state index contributed by atoms with van der Waals surface area (Å²) >= 11 is 0. The van der Waals surface area contributed by atoms with E-state index in [1.807, 2.05) is 42.5 Å². The highest BCUT2D eigenvalue weighted by Gasteiger charge is 2.02. The number of aliphatic imine (C=N–C) groups is 1. The highest BCUT2D eigenvalue weighted by molar-refractivity contribution is 5.76. The molecular weight excluding hydrogens is 224 g/mol. The Morgan fingerprint density at radius 3 is 2.56 bits per heavy atom. The van der Waals surface area contributed by atoms with Crippen molar-refractivity contribution < 1.29 is 4.74 Å². The van der Waals surface area contributed by atoms with Crippen LogP contribution in [-0.4, -0.2) is 18.3 Å². The Morgan fingerprint density at radius 1 is 1.17 bits per heavy atom. The molecule has 0 aliphatic rings. The zero-order chi connectivity index (χ0) is 12.8. The summed E-state index contributed by atoms with van der Waals surface area (Å²) in [6.45, 7) is 2.06. The Morgan fingerprint density at radius 2 is 1.94 bits per heavy atom. The Hall–Kier alpha value is -2.16. The summed E-state index contributed by atoms with van der Waals surface area (Å²) in [5.74, 6) is 0.861. The Balaban J connectivity index is 2.07. The third-order valence-electron chi connectivity index (χ3n) is 2.72. The predicted molar refractivity (Wildman–Crippen MR) is 73.2 cm³/mol. The molecule has 18 heavy (non-hydrogen) atoms. The van der Waals surface area contributed by atoms with Crippen LogP contribution in [0.5, 0.6) is 5.75 Å². The Labute approximate surface area is 107 Å². The molecule has 0 aliphatic carbocycles. The largest absolute Gasteiger partial charge is 0.497 e. The van der Waals surface area contributed by atoms with E-state index in [2.05, 4.69) is 16.9 Å². The van der Waals surface area contributed by atoms with Gasteiger partial charge in [0, 0.05) is 12.4 Å². The van der Waals surface area contributed by atoms with Gasteiger partial charge in [-0.05, 0) is 36.8 Å². The molecule has 3 heteroatoms. The molecule has 0 spiro atoms. The van der Waals surface area contributed by atoms with Crippen LogP contribution >= 0.6 is 0 Å². The molecule has 0 aliphatic heterocycles. The first-order valence-corrected chi connectivity index (χ1v) is 5.88. The van der Waals surface area contributed by atoms with Crippen molar-refractivity contribution in [1.29, 1.82) is 0 Å². The smallest absolute Gasteiger partial charge is 0.118 e. The molecule has 0 amide bonds. The number of methoxy groups -OCH3 is 1. The minimum Gasteiger partial charge on any atom is -0.497 e. The fourth-order valence-corrected chi connectivity index (χ4v) is 1.61. The normalized spacial score (nSPS) is 12.6. The van der Waals surface area contributed by atoms with Crippen LogP contribution in [-0.2, 0) is 0 Å². The van der Waals surface area contributed by atoms with Crippen LogP contribution in [0.25, 0.3) is 0 Å². The standard InChI is InChI=1S/C15H16N2O/c1-12(13-6-8-15(18-2)9-7-13)17-11-14-5-3-4-10-16-14/h3-12H,1-2H3/b17-11+/t12-/m0/s1. The van der Waals surface area contributed by atoms with E-state index in [1.165, 1.54) is 0 Å². The molecule has 1 aromatic heterocycles. The maximum absolute atomic E-state index is 5.13. The molecule has 0 unspecified atom stereocenters. The number of nitrogens with zero attached hydrogens (tertiary/aromatic N) is 2. The molecule has 0 saturated carbocycles. The average Bonchev–Trinajstić information content (AvgIpc) is 2.46. The van der Waals surface area contributed by atoms with Crippen LogP contribution in [0.1, 0.15) is 24.2 Å². The Bertz CT molecular complexity index is 506. The Kier molecular flexibility index (Phi) is 4.07. The van der Waals surface area contributed by atoms with Crippen molar-refractivity contribution in [2.75, 3.05) is 7.11 Å². The van der Waals surface area contributed by atoms with Gasteiger partial charge >= 0.3 is 0 Å². The molecule has 0 fully saturated rings. The van der Waals surface area contributed by atoms with Crippen LogP contribution in [0.15, 0.2) is 53.7 Å². The molecule has 2 rings (SSSR count). The summed E-state index contributed by atoms with van der Waals surface area (Å²) in [6, 6.07) is 13.8. The van der Waals surface area contributed by atoms with Gasteiger partial charge in [0.2, 0.25) is 0 Å². The van der Waals surface area contributed by atoms with Crippen molar-refractivity contribution in [3.8, 4) is 5.75 Å². The van der Waals surface area contributed by atoms with E-state index in [4.69, 9.17) is 4.74 Å². The van der Waals surface area contributed by atoms with E-state index in [0.717, 1.165) is 17.0 Å². The lowest BCUT2D eigenvalue weighted by molar-refractivity contribution is 0.414. The van der Waals surface area contributed by atoms with E-state index >= 15 is 0 Å². The lowest BCUT2D eigenvalue weighted by Crippen LogP contribution is -1.93. The monoisotopic (exact) mass is 240 g/mol. The number of pyridine rings is 1. The minimum atomic E-state index is 0.109. The second-order valence-electron chi connectivity index (χ2n) is 3.98. The van der Waals surface area contributed by atoms with Crippen molar-refractivity contribution in [2.24, 2.45) is 4.99 Å². The molecule has 2 aromatic rings. The summed E-state index contributed by atoms with van der Waals surface area (Å²) in [5, 5.41) is 0. The van der Waals surface area contributed by atoms with Gasteiger partial charge in [-0.25, -0.2) is 0 Å². The summed E-state index contributed by atoms with van der Waals surface area (Å²) in [5.41, 5.74) is 2.03. The number of hydrogen-bond donors (Lipinski definition) is 0. The van der Waals surface area contributed by atoms with Gasteiger partial charge in [0.1, 0.15) is 5.75 Å². The van der Waals surface area contributed by atoms with E-state index in [0.29, 0.717) is 0 Å². The summed E-state index contributed by atoms with van der Waals surface area (Å²) < 4.78 is 5.13. The number of benzene rings is 1.